The maximum Gasteiger partial charge on any atom is 0.329 e. The summed E-state index contributed by atoms with van der Waals surface area (Å²) in [6.07, 6.45) is 2.41. The lowest BCUT2D eigenvalue weighted by Crippen LogP contribution is -2.44. The summed E-state index contributed by atoms with van der Waals surface area (Å²) >= 11 is 0. The Bertz CT molecular complexity index is 939. The molecule has 3 heterocycles. The van der Waals surface area contributed by atoms with Crippen LogP contribution in [0, 0.1) is 0 Å². The number of amides is 2. The minimum atomic E-state index is -0.653. The fraction of sp³-hybridized carbons (Fsp3) is 0.526. The number of para-hydroxylation sites is 1. The molecule has 2 fully saturated rings. The Kier molecular flexibility index (Phi) is 4.84. The number of carbonyl (C=O) groups is 2. The second-order valence-electron chi connectivity index (χ2n) is 7.20. The van der Waals surface area contributed by atoms with E-state index in [9.17, 15) is 14.4 Å². The molecule has 8 heteroatoms. The zero-order chi connectivity index (χ0) is 19.0. The standard InChI is InChI=1S/C19H24N4O4/c1-22-17-12(5-6-13-11-20-9-10-27-13)3-2-4-14(17)23(19(22)26)15-7-8-16(24)21-18(15)25/h2-4,13,15,20H,5-11H2,1H3,(H,21,24,25)/t13-,15?/m0/s1. The summed E-state index contributed by atoms with van der Waals surface area (Å²) in [6.45, 7) is 2.45. The first-order chi connectivity index (χ1) is 13.1. The van der Waals surface area contributed by atoms with E-state index in [1.165, 1.54) is 4.57 Å². The van der Waals surface area contributed by atoms with E-state index in [0.717, 1.165) is 49.1 Å². The van der Waals surface area contributed by atoms with Crippen molar-refractivity contribution in [2.75, 3.05) is 19.7 Å². The van der Waals surface area contributed by atoms with Gasteiger partial charge in [0.1, 0.15) is 6.04 Å². The van der Waals surface area contributed by atoms with Crippen molar-refractivity contribution in [3.8, 4) is 0 Å². The summed E-state index contributed by atoms with van der Waals surface area (Å²) < 4.78 is 8.90. The lowest BCUT2D eigenvalue weighted by molar-refractivity contribution is -0.135. The number of fused-ring (bicyclic) bond motifs is 1. The molecule has 2 amide bonds. The van der Waals surface area contributed by atoms with Gasteiger partial charge in [0.2, 0.25) is 11.8 Å². The van der Waals surface area contributed by atoms with Crippen LogP contribution in [0.5, 0.6) is 0 Å². The molecule has 0 spiro atoms. The molecule has 0 aliphatic carbocycles. The van der Waals surface area contributed by atoms with Gasteiger partial charge in [-0.1, -0.05) is 12.1 Å². The normalized spacial score (nSPS) is 23.6. The molecule has 1 aromatic heterocycles. The third-order valence-corrected chi connectivity index (χ3v) is 5.45. The van der Waals surface area contributed by atoms with Crippen LogP contribution in [0.25, 0.3) is 11.0 Å². The predicted molar refractivity (Wildman–Crippen MR) is 99.5 cm³/mol. The van der Waals surface area contributed by atoms with Gasteiger partial charge in [0.25, 0.3) is 0 Å². The second kappa shape index (κ2) is 7.28. The van der Waals surface area contributed by atoms with Gasteiger partial charge in [-0.25, -0.2) is 4.79 Å². The van der Waals surface area contributed by atoms with Crippen molar-refractivity contribution in [1.29, 1.82) is 0 Å². The van der Waals surface area contributed by atoms with Gasteiger partial charge >= 0.3 is 5.69 Å². The predicted octanol–water partition coefficient (Wildman–Crippen LogP) is 0.239. The summed E-state index contributed by atoms with van der Waals surface area (Å²) in [6, 6.07) is 5.15. The van der Waals surface area contributed by atoms with Crippen molar-refractivity contribution in [1.82, 2.24) is 19.8 Å². The Labute approximate surface area is 156 Å². The molecule has 2 aliphatic heterocycles. The first-order valence-electron chi connectivity index (χ1n) is 9.41. The molecule has 1 unspecified atom stereocenters. The molecule has 2 saturated heterocycles. The molecule has 2 atom stereocenters. The molecular formula is C19H24N4O4. The summed E-state index contributed by atoms with van der Waals surface area (Å²) in [4.78, 5) is 36.7. The van der Waals surface area contributed by atoms with Gasteiger partial charge in [-0.2, -0.15) is 0 Å². The van der Waals surface area contributed by atoms with Gasteiger partial charge in [0.15, 0.2) is 0 Å². The fourth-order valence-corrected chi connectivity index (χ4v) is 4.07. The number of ether oxygens (including phenoxy) is 1. The lowest BCUT2D eigenvalue weighted by Gasteiger charge is -2.23. The number of hydrogen-bond acceptors (Lipinski definition) is 5. The number of morpholine rings is 1. The van der Waals surface area contributed by atoms with Crippen molar-refractivity contribution in [3.05, 3.63) is 34.2 Å². The van der Waals surface area contributed by atoms with Crippen molar-refractivity contribution in [2.24, 2.45) is 7.05 Å². The Morgan fingerprint density at radius 2 is 2.11 bits per heavy atom. The number of benzene rings is 1. The van der Waals surface area contributed by atoms with Crippen molar-refractivity contribution in [3.63, 3.8) is 0 Å². The molecule has 0 radical (unpaired) electrons. The molecule has 2 aromatic rings. The molecule has 27 heavy (non-hydrogen) atoms. The number of imide groups is 1. The molecular weight excluding hydrogens is 348 g/mol. The van der Waals surface area contributed by atoms with Crippen LogP contribution in [0.2, 0.25) is 0 Å². The summed E-state index contributed by atoms with van der Waals surface area (Å²) in [5.41, 5.74) is 2.41. The highest BCUT2D eigenvalue weighted by Crippen LogP contribution is 2.26. The molecule has 0 saturated carbocycles. The van der Waals surface area contributed by atoms with E-state index in [-0.39, 0.29) is 24.1 Å². The summed E-state index contributed by atoms with van der Waals surface area (Å²) in [5, 5.41) is 5.67. The van der Waals surface area contributed by atoms with Gasteiger partial charge < -0.3 is 10.1 Å². The van der Waals surface area contributed by atoms with E-state index in [2.05, 4.69) is 10.6 Å². The zero-order valence-corrected chi connectivity index (χ0v) is 15.4. The van der Waals surface area contributed by atoms with Crippen LogP contribution in [0.3, 0.4) is 0 Å². The van der Waals surface area contributed by atoms with Crippen LogP contribution >= 0.6 is 0 Å². The van der Waals surface area contributed by atoms with Crippen LogP contribution in [0.15, 0.2) is 23.0 Å². The maximum absolute atomic E-state index is 12.9. The summed E-state index contributed by atoms with van der Waals surface area (Å²) in [5.74, 6) is -0.695. The molecule has 2 N–H and O–H groups in total. The van der Waals surface area contributed by atoms with Gasteiger partial charge in [0, 0.05) is 26.6 Å². The number of piperidine rings is 1. The second-order valence-corrected chi connectivity index (χ2v) is 7.20. The number of aryl methyl sites for hydroxylation is 2. The largest absolute Gasteiger partial charge is 0.376 e. The first-order valence-corrected chi connectivity index (χ1v) is 9.41. The van der Waals surface area contributed by atoms with Crippen LogP contribution < -0.4 is 16.3 Å². The molecule has 0 bridgehead atoms. The van der Waals surface area contributed by atoms with E-state index in [1.807, 2.05) is 18.2 Å². The fourth-order valence-electron chi connectivity index (χ4n) is 4.07. The Balaban J connectivity index is 1.68. The van der Waals surface area contributed by atoms with Gasteiger partial charge in [-0.15, -0.1) is 0 Å². The Morgan fingerprint density at radius 1 is 1.26 bits per heavy atom. The number of aromatic nitrogens is 2. The Morgan fingerprint density at radius 3 is 2.85 bits per heavy atom. The quantitative estimate of drug-likeness (QED) is 0.750. The van der Waals surface area contributed by atoms with Crippen LogP contribution in [-0.2, 0) is 27.8 Å². The molecule has 144 valence electrons. The average Bonchev–Trinajstić information content (AvgIpc) is 2.93. The highest BCUT2D eigenvalue weighted by atomic mass is 16.5. The van der Waals surface area contributed by atoms with E-state index >= 15 is 0 Å². The smallest absolute Gasteiger partial charge is 0.329 e. The first kappa shape index (κ1) is 17.9. The topological polar surface area (TPSA) is 94.4 Å². The minimum absolute atomic E-state index is 0.170. The minimum Gasteiger partial charge on any atom is -0.376 e. The van der Waals surface area contributed by atoms with Gasteiger partial charge in [-0.05, 0) is 30.9 Å². The van der Waals surface area contributed by atoms with Crippen LogP contribution in [-0.4, -0.2) is 46.7 Å². The lowest BCUT2D eigenvalue weighted by atomic mass is 10.0. The maximum atomic E-state index is 12.9. The van der Waals surface area contributed by atoms with E-state index < -0.39 is 11.9 Å². The van der Waals surface area contributed by atoms with Gasteiger partial charge in [-0.3, -0.25) is 24.0 Å². The van der Waals surface area contributed by atoms with E-state index in [4.69, 9.17) is 4.74 Å². The number of rotatable bonds is 4. The third-order valence-electron chi connectivity index (χ3n) is 5.45. The number of hydrogen-bond donors (Lipinski definition) is 2. The third kappa shape index (κ3) is 3.30. The van der Waals surface area contributed by atoms with Gasteiger partial charge in [0.05, 0.1) is 23.7 Å². The van der Waals surface area contributed by atoms with Crippen molar-refractivity contribution in [2.45, 2.75) is 37.8 Å². The highest BCUT2D eigenvalue weighted by molar-refractivity contribution is 6.00. The van der Waals surface area contributed by atoms with Crippen molar-refractivity contribution >= 4 is 22.8 Å². The zero-order valence-electron chi connectivity index (χ0n) is 15.4. The molecule has 4 rings (SSSR count). The molecule has 8 nitrogen and oxygen atoms in total. The number of nitrogens with one attached hydrogen (secondary N) is 2. The average molecular weight is 372 g/mol. The van der Waals surface area contributed by atoms with Crippen LogP contribution in [0.1, 0.15) is 30.9 Å². The van der Waals surface area contributed by atoms with E-state index in [1.54, 1.807) is 11.6 Å². The number of nitrogens with zero attached hydrogens (tertiary/aromatic N) is 2. The van der Waals surface area contributed by atoms with Crippen molar-refractivity contribution < 1.29 is 14.3 Å². The number of imidazole rings is 1. The highest BCUT2D eigenvalue weighted by Gasteiger charge is 2.31. The molecule has 1 aromatic carbocycles. The number of carbonyl (C=O) groups excluding carboxylic acids is 2. The SMILES string of the molecule is Cn1c(=O)n(C2CCC(=O)NC2=O)c2cccc(CC[C@H]3CNCCO3)c21. The summed E-state index contributed by atoms with van der Waals surface area (Å²) in [7, 11) is 1.73. The van der Waals surface area contributed by atoms with Crippen LogP contribution in [0.4, 0.5) is 0 Å². The monoisotopic (exact) mass is 372 g/mol. The Hall–Kier alpha value is -2.45. The molecule has 2 aliphatic rings. The van der Waals surface area contributed by atoms with E-state index in [0.29, 0.717) is 6.42 Å².